The topological polar surface area (TPSA) is 59.5 Å². The molecule has 1 aromatic rings. The maximum atomic E-state index is 12.5. The molecule has 21 heavy (non-hydrogen) atoms. The molecule has 2 aliphatic carbocycles. The molecule has 0 aliphatic heterocycles. The summed E-state index contributed by atoms with van der Waals surface area (Å²) in [7, 11) is 1.87. The third kappa shape index (κ3) is 3.31. The maximum Gasteiger partial charge on any atom is 0.225 e. The van der Waals surface area contributed by atoms with E-state index in [2.05, 4.69) is 13.0 Å². The molecule has 0 saturated heterocycles. The molecule has 2 saturated carbocycles. The molecule has 2 aliphatic rings. The number of hydrogen-bond donors (Lipinski definition) is 1. The van der Waals surface area contributed by atoms with Gasteiger partial charge in [0.25, 0.3) is 0 Å². The zero-order valence-corrected chi connectivity index (χ0v) is 13.0. The minimum Gasteiger partial charge on any atom is -0.464 e. The Balaban J connectivity index is 1.54. The average molecular weight is 290 g/mol. The molecule has 0 aromatic carbocycles. The summed E-state index contributed by atoms with van der Waals surface area (Å²) >= 11 is 0. The number of nitrogens with zero attached hydrogens (tertiary/aromatic N) is 1. The van der Waals surface area contributed by atoms with E-state index in [-0.39, 0.29) is 17.9 Å². The highest BCUT2D eigenvalue weighted by atomic mass is 16.3. The molecule has 4 nitrogen and oxygen atoms in total. The number of amides is 1. The van der Waals surface area contributed by atoms with Crippen molar-refractivity contribution in [2.24, 2.45) is 17.6 Å². The first-order valence-corrected chi connectivity index (χ1v) is 8.13. The summed E-state index contributed by atoms with van der Waals surface area (Å²) in [6.07, 6.45) is 5.01. The maximum absolute atomic E-state index is 12.5. The van der Waals surface area contributed by atoms with Crippen molar-refractivity contribution < 1.29 is 9.21 Å². The quantitative estimate of drug-likeness (QED) is 0.927. The Bertz CT molecular complexity index is 503. The molecule has 4 heteroatoms. The Labute approximate surface area is 126 Å². The van der Waals surface area contributed by atoms with Crippen LogP contribution >= 0.6 is 0 Å². The Morgan fingerprint density at radius 2 is 2.00 bits per heavy atom. The van der Waals surface area contributed by atoms with Crippen molar-refractivity contribution in [1.29, 1.82) is 0 Å². The largest absolute Gasteiger partial charge is 0.464 e. The number of carbonyl (C=O) groups excluding carboxylic acids is 1. The van der Waals surface area contributed by atoms with E-state index in [1.807, 2.05) is 13.1 Å². The van der Waals surface area contributed by atoms with Crippen molar-refractivity contribution >= 4 is 5.91 Å². The van der Waals surface area contributed by atoms with E-state index in [0.29, 0.717) is 12.5 Å². The molecule has 1 amide bonds. The summed E-state index contributed by atoms with van der Waals surface area (Å²) in [4.78, 5) is 14.3. The van der Waals surface area contributed by atoms with Crippen LogP contribution in [0.4, 0.5) is 0 Å². The standard InChI is InChI=1S/C17H26N2O2/c1-11-9-15(11)16-8-7-14(21-16)10-19(2)17(20)12-3-5-13(18)6-4-12/h7-8,11-13,15H,3-6,9-10,18H2,1-2H3. The summed E-state index contributed by atoms with van der Waals surface area (Å²) in [5, 5.41) is 0. The second kappa shape index (κ2) is 5.84. The zero-order valence-electron chi connectivity index (χ0n) is 13.0. The van der Waals surface area contributed by atoms with E-state index in [4.69, 9.17) is 10.2 Å². The van der Waals surface area contributed by atoms with Gasteiger partial charge < -0.3 is 15.1 Å². The molecule has 2 unspecified atom stereocenters. The predicted octanol–water partition coefficient (Wildman–Crippen LogP) is 2.88. The van der Waals surface area contributed by atoms with Crippen molar-refractivity contribution in [1.82, 2.24) is 4.90 Å². The van der Waals surface area contributed by atoms with Crippen LogP contribution in [0.5, 0.6) is 0 Å². The van der Waals surface area contributed by atoms with Crippen LogP contribution < -0.4 is 5.73 Å². The van der Waals surface area contributed by atoms with Gasteiger partial charge >= 0.3 is 0 Å². The Hall–Kier alpha value is -1.29. The molecule has 2 N–H and O–H groups in total. The molecule has 116 valence electrons. The fourth-order valence-electron chi connectivity index (χ4n) is 3.39. The lowest BCUT2D eigenvalue weighted by Crippen LogP contribution is -2.37. The van der Waals surface area contributed by atoms with Crippen LogP contribution in [0.25, 0.3) is 0 Å². The molecule has 3 rings (SSSR count). The summed E-state index contributed by atoms with van der Waals surface area (Å²) in [6, 6.07) is 4.37. The number of carbonyl (C=O) groups is 1. The van der Waals surface area contributed by atoms with E-state index in [1.54, 1.807) is 4.90 Å². The Morgan fingerprint density at radius 3 is 2.62 bits per heavy atom. The Morgan fingerprint density at radius 1 is 1.33 bits per heavy atom. The monoisotopic (exact) mass is 290 g/mol. The van der Waals surface area contributed by atoms with Gasteiger partial charge in [0.05, 0.1) is 6.54 Å². The van der Waals surface area contributed by atoms with Gasteiger partial charge in [-0.05, 0) is 50.2 Å². The highest BCUT2D eigenvalue weighted by Gasteiger charge is 2.36. The number of nitrogens with two attached hydrogens (primary N) is 1. The third-order valence-electron chi connectivity index (χ3n) is 5.05. The van der Waals surface area contributed by atoms with E-state index in [0.717, 1.165) is 43.1 Å². The minimum atomic E-state index is 0.146. The van der Waals surface area contributed by atoms with Gasteiger partial charge in [0.1, 0.15) is 11.5 Å². The van der Waals surface area contributed by atoms with Crippen LogP contribution in [0.2, 0.25) is 0 Å². The molecule has 0 radical (unpaired) electrons. The van der Waals surface area contributed by atoms with Crippen LogP contribution in [0.1, 0.15) is 56.5 Å². The van der Waals surface area contributed by atoms with E-state index in [9.17, 15) is 4.79 Å². The first-order chi connectivity index (χ1) is 10.0. The van der Waals surface area contributed by atoms with Crippen molar-refractivity contribution in [3.63, 3.8) is 0 Å². The Kier molecular flexibility index (Phi) is 4.07. The molecule has 2 atom stereocenters. The molecule has 2 fully saturated rings. The summed E-state index contributed by atoms with van der Waals surface area (Å²) in [6.45, 7) is 2.82. The van der Waals surface area contributed by atoms with E-state index >= 15 is 0 Å². The summed E-state index contributed by atoms with van der Waals surface area (Å²) < 4.78 is 5.89. The highest BCUT2D eigenvalue weighted by Crippen LogP contribution is 2.47. The van der Waals surface area contributed by atoms with E-state index in [1.165, 1.54) is 6.42 Å². The molecular formula is C17H26N2O2. The summed E-state index contributed by atoms with van der Waals surface area (Å²) in [5.74, 6) is 3.70. The van der Waals surface area contributed by atoms with Gasteiger partial charge in [-0.15, -0.1) is 0 Å². The van der Waals surface area contributed by atoms with Crippen LogP contribution in [-0.2, 0) is 11.3 Å². The second-order valence-electron chi connectivity index (χ2n) is 6.93. The first-order valence-electron chi connectivity index (χ1n) is 8.13. The smallest absolute Gasteiger partial charge is 0.225 e. The first kappa shape index (κ1) is 14.6. The number of rotatable bonds is 4. The van der Waals surface area contributed by atoms with Crippen molar-refractivity contribution in [2.75, 3.05) is 7.05 Å². The second-order valence-corrected chi connectivity index (χ2v) is 6.93. The van der Waals surface area contributed by atoms with Gasteiger partial charge in [-0.2, -0.15) is 0 Å². The third-order valence-corrected chi connectivity index (χ3v) is 5.05. The van der Waals surface area contributed by atoms with Crippen LogP contribution in [0, 0.1) is 11.8 Å². The highest BCUT2D eigenvalue weighted by molar-refractivity contribution is 5.78. The number of furan rings is 1. The lowest BCUT2D eigenvalue weighted by Gasteiger charge is -2.28. The zero-order chi connectivity index (χ0) is 15.0. The lowest BCUT2D eigenvalue weighted by atomic mass is 9.85. The van der Waals surface area contributed by atoms with Gasteiger partial charge in [0.15, 0.2) is 0 Å². The fourth-order valence-corrected chi connectivity index (χ4v) is 3.39. The van der Waals surface area contributed by atoms with Gasteiger partial charge in [-0.1, -0.05) is 6.92 Å². The molecular weight excluding hydrogens is 264 g/mol. The normalized spacial score (nSPS) is 32.0. The molecule has 0 bridgehead atoms. The minimum absolute atomic E-state index is 0.146. The number of hydrogen-bond acceptors (Lipinski definition) is 3. The molecule has 0 spiro atoms. The van der Waals surface area contributed by atoms with Gasteiger partial charge in [-0.25, -0.2) is 0 Å². The predicted molar refractivity (Wildman–Crippen MR) is 81.6 cm³/mol. The van der Waals surface area contributed by atoms with Crippen LogP contribution in [0.15, 0.2) is 16.5 Å². The summed E-state index contributed by atoms with van der Waals surface area (Å²) in [5.41, 5.74) is 5.91. The van der Waals surface area contributed by atoms with Crippen molar-refractivity contribution in [3.05, 3.63) is 23.7 Å². The van der Waals surface area contributed by atoms with Gasteiger partial charge in [0.2, 0.25) is 5.91 Å². The fraction of sp³-hybridized carbons (Fsp3) is 0.706. The lowest BCUT2D eigenvalue weighted by molar-refractivity contribution is -0.136. The van der Waals surface area contributed by atoms with E-state index < -0.39 is 0 Å². The average Bonchev–Trinajstić information content (AvgIpc) is 3.02. The van der Waals surface area contributed by atoms with Gasteiger partial charge in [-0.3, -0.25) is 4.79 Å². The SMILES string of the molecule is CC1CC1c1ccc(CN(C)C(=O)C2CCC(N)CC2)o1. The van der Waals surface area contributed by atoms with Crippen molar-refractivity contribution in [3.8, 4) is 0 Å². The molecule has 1 heterocycles. The molecule has 1 aromatic heterocycles. The van der Waals surface area contributed by atoms with Crippen molar-refractivity contribution in [2.45, 2.75) is 57.5 Å². The van der Waals surface area contributed by atoms with Gasteiger partial charge in [0, 0.05) is 24.9 Å². The van der Waals surface area contributed by atoms with Crippen LogP contribution in [-0.4, -0.2) is 23.9 Å². The van der Waals surface area contributed by atoms with Crippen LogP contribution in [0.3, 0.4) is 0 Å².